The Balaban J connectivity index is 3.41. The van der Waals surface area contributed by atoms with Crippen LogP contribution in [0.3, 0.4) is 0 Å². The smallest absolute Gasteiger partial charge is 0.303 e. The number of hydrogen-bond donors (Lipinski definition) is 1. The Morgan fingerprint density at radius 1 is 0.757 bits per heavy atom. The van der Waals surface area contributed by atoms with E-state index >= 15 is 0 Å². The molecule has 12 heteroatoms. The molecule has 0 radical (unpaired) electrons. The molecule has 0 saturated carbocycles. The van der Waals surface area contributed by atoms with Gasteiger partial charge in [-0.2, -0.15) is 0 Å². The average Bonchev–Trinajstić information content (AvgIpc) is 2.80. The van der Waals surface area contributed by atoms with Gasteiger partial charge in [-0.15, -0.1) is 0 Å². The summed E-state index contributed by atoms with van der Waals surface area (Å²) in [6, 6.07) is 7.02. The zero-order chi connectivity index (χ0) is 28.1. The summed E-state index contributed by atoms with van der Waals surface area (Å²) in [7, 11) is 0. The zero-order valence-electron chi connectivity index (χ0n) is 21.3. The number of nitrogens with one attached hydrogen (secondary N) is 1. The van der Waals surface area contributed by atoms with Crippen LogP contribution < -0.4 is 5.32 Å². The van der Waals surface area contributed by atoms with E-state index in [1.807, 2.05) is 0 Å². The maximum absolute atomic E-state index is 13.2. The summed E-state index contributed by atoms with van der Waals surface area (Å²) in [5, 5.41) is 2.57. The second-order valence-electron chi connectivity index (χ2n) is 7.79. The lowest BCUT2D eigenvalue weighted by Crippen LogP contribution is -2.57. The molecule has 0 saturated heterocycles. The summed E-state index contributed by atoms with van der Waals surface area (Å²) in [5.74, 6) is -5.27. The maximum Gasteiger partial charge on any atom is 0.303 e. The monoisotopic (exact) mass is 521 g/mol. The van der Waals surface area contributed by atoms with Gasteiger partial charge in [-0.1, -0.05) is 36.9 Å². The fourth-order valence-electron chi connectivity index (χ4n) is 3.16. The van der Waals surface area contributed by atoms with Crippen LogP contribution in [0.5, 0.6) is 0 Å². The SMILES string of the molecule is C=Cc1ccc(CNC(=O)[C@H](OC(C)=O)[C@@H](OC(C)=O)[C@H](OC(C)=O)[C@@H](COC(C)=O)OC(C)=O)cc1. The molecule has 1 amide bonds. The molecule has 0 unspecified atom stereocenters. The van der Waals surface area contributed by atoms with Crippen LogP contribution in [-0.4, -0.2) is 66.8 Å². The van der Waals surface area contributed by atoms with Crippen LogP contribution in [0.15, 0.2) is 30.8 Å². The minimum absolute atomic E-state index is 0.000132. The first-order valence-corrected chi connectivity index (χ1v) is 11.1. The fraction of sp³-hybridized carbons (Fsp3) is 0.440. The molecular formula is C25H31NO11. The van der Waals surface area contributed by atoms with E-state index in [0.717, 1.165) is 40.2 Å². The van der Waals surface area contributed by atoms with E-state index in [-0.39, 0.29) is 6.54 Å². The van der Waals surface area contributed by atoms with Gasteiger partial charge in [-0.25, -0.2) is 0 Å². The quantitative estimate of drug-likeness (QED) is 0.294. The van der Waals surface area contributed by atoms with E-state index in [9.17, 15) is 28.8 Å². The first-order valence-electron chi connectivity index (χ1n) is 11.1. The summed E-state index contributed by atoms with van der Waals surface area (Å²) < 4.78 is 25.7. The summed E-state index contributed by atoms with van der Waals surface area (Å²) >= 11 is 0. The molecule has 37 heavy (non-hydrogen) atoms. The van der Waals surface area contributed by atoms with Gasteiger partial charge in [0.05, 0.1) is 0 Å². The van der Waals surface area contributed by atoms with Crippen molar-refractivity contribution in [1.82, 2.24) is 5.32 Å². The topological polar surface area (TPSA) is 161 Å². The Labute approximate surface area is 214 Å². The number of ether oxygens (including phenoxy) is 5. The third kappa shape index (κ3) is 11.4. The fourth-order valence-corrected chi connectivity index (χ4v) is 3.16. The molecular weight excluding hydrogens is 490 g/mol. The molecule has 0 aliphatic carbocycles. The van der Waals surface area contributed by atoms with E-state index in [2.05, 4.69) is 11.9 Å². The standard InChI is InChI=1S/C25H31NO11/c1-7-19-8-10-20(11-9-19)12-26-25(32)24(37-18(6)31)23(36-17(5)30)22(35-16(4)29)21(34-15(3)28)13-33-14(2)27/h7-11,21-24H,1,12-13H2,2-6H3,(H,26,32)/t21-,22-,23+,24-/m1/s1. The molecule has 1 aromatic carbocycles. The van der Waals surface area contributed by atoms with E-state index in [1.54, 1.807) is 30.3 Å². The summed E-state index contributed by atoms with van der Waals surface area (Å²) in [5.41, 5.74) is 1.55. The molecule has 4 atom stereocenters. The molecule has 0 heterocycles. The largest absolute Gasteiger partial charge is 0.462 e. The van der Waals surface area contributed by atoms with Crippen LogP contribution in [0.4, 0.5) is 0 Å². The minimum Gasteiger partial charge on any atom is -0.462 e. The summed E-state index contributed by atoms with van der Waals surface area (Å²) in [6.45, 7) is 8.22. The van der Waals surface area contributed by atoms with Gasteiger partial charge >= 0.3 is 29.8 Å². The second kappa shape index (κ2) is 15.0. The normalized spacial score (nSPS) is 13.5. The zero-order valence-corrected chi connectivity index (χ0v) is 21.3. The van der Waals surface area contributed by atoms with Gasteiger partial charge in [0.1, 0.15) is 6.61 Å². The van der Waals surface area contributed by atoms with Crippen molar-refractivity contribution < 1.29 is 52.5 Å². The molecule has 1 aromatic rings. The Morgan fingerprint density at radius 3 is 1.73 bits per heavy atom. The highest BCUT2D eigenvalue weighted by atomic mass is 16.6. The predicted octanol–water partition coefficient (Wildman–Crippen LogP) is 1.24. The van der Waals surface area contributed by atoms with Gasteiger partial charge < -0.3 is 29.0 Å². The van der Waals surface area contributed by atoms with Crippen LogP contribution in [0.1, 0.15) is 45.7 Å². The van der Waals surface area contributed by atoms with Crippen molar-refractivity contribution in [2.75, 3.05) is 6.61 Å². The van der Waals surface area contributed by atoms with Crippen molar-refractivity contribution in [3.05, 3.63) is 42.0 Å². The molecule has 0 spiro atoms. The van der Waals surface area contributed by atoms with E-state index in [0.29, 0.717) is 5.56 Å². The Morgan fingerprint density at radius 2 is 1.27 bits per heavy atom. The second-order valence-corrected chi connectivity index (χ2v) is 7.79. The number of carbonyl (C=O) groups excluding carboxylic acids is 6. The molecule has 0 aliphatic rings. The maximum atomic E-state index is 13.2. The van der Waals surface area contributed by atoms with Crippen molar-refractivity contribution >= 4 is 41.8 Å². The molecule has 12 nitrogen and oxygen atoms in total. The van der Waals surface area contributed by atoms with Gasteiger partial charge in [-0.3, -0.25) is 28.8 Å². The number of benzene rings is 1. The third-order valence-corrected chi connectivity index (χ3v) is 4.59. The van der Waals surface area contributed by atoms with Crippen molar-refractivity contribution in [2.24, 2.45) is 0 Å². The molecule has 1 N–H and O–H groups in total. The van der Waals surface area contributed by atoms with Crippen LogP contribution in [0, 0.1) is 0 Å². The van der Waals surface area contributed by atoms with Crippen LogP contribution in [-0.2, 0) is 59.0 Å². The van der Waals surface area contributed by atoms with Gasteiger partial charge in [0.25, 0.3) is 5.91 Å². The van der Waals surface area contributed by atoms with Crippen molar-refractivity contribution in [3.63, 3.8) is 0 Å². The highest BCUT2D eigenvalue weighted by Gasteiger charge is 2.46. The highest BCUT2D eigenvalue weighted by molar-refractivity contribution is 5.84. The molecule has 0 fully saturated rings. The van der Waals surface area contributed by atoms with Gasteiger partial charge in [0.2, 0.25) is 6.10 Å². The Hall–Kier alpha value is -4.22. The molecule has 202 valence electrons. The molecule has 0 bridgehead atoms. The Kier molecular flexibility index (Phi) is 12.5. The predicted molar refractivity (Wildman–Crippen MR) is 127 cm³/mol. The molecule has 0 aromatic heterocycles. The van der Waals surface area contributed by atoms with E-state index in [4.69, 9.17) is 23.7 Å². The average molecular weight is 522 g/mol. The lowest BCUT2D eigenvalue weighted by Gasteiger charge is -2.34. The van der Waals surface area contributed by atoms with Crippen molar-refractivity contribution in [2.45, 2.75) is 65.6 Å². The number of hydrogen-bond acceptors (Lipinski definition) is 11. The van der Waals surface area contributed by atoms with Crippen LogP contribution in [0.2, 0.25) is 0 Å². The minimum atomic E-state index is -1.84. The number of rotatable bonds is 13. The van der Waals surface area contributed by atoms with Gasteiger partial charge in [-0.05, 0) is 11.1 Å². The number of carbonyl (C=O) groups is 6. The van der Waals surface area contributed by atoms with E-state index in [1.165, 1.54) is 0 Å². The van der Waals surface area contributed by atoms with E-state index < -0.39 is 66.8 Å². The highest BCUT2D eigenvalue weighted by Crippen LogP contribution is 2.21. The van der Waals surface area contributed by atoms with Crippen LogP contribution >= 0.6 is 0 Å². The summed E-state index contributed by atoms with van der Waals surface area (Å²) in [4.78, 5) is 72.1. The van der Waals surface area contributed by atoms with Gasteiger partial charge in [0, 0.05) is 41.2 Å². The summed E-state index contributed by atoms with van der Waals surface area (Å²) in [6.07, 6.45) is -5.20. The first-order chi connectivity index (χ1) is 17.3. The third-order valence-electron chi connectivity index (χ3n) is 4.59. The first kappa shape index (κ1) is 30.8. The van der Waals surface area contributed by atoms with Gasteiger partial charge in [0.15, 0.2) is 18.3 Å². The number of esters is 5. The van der Waals surface area contributed by atoms with Crippen LogP contribution in [0.25, 0.3) is 6.08 Å². The lowest BCUT2D eigenvalue weighted by molar-refractivity contribution is -0.203. The molecule has 0 aliphatic heterocycles. The lowest BCUT2D eigenvalue weighted by atomic mass is 10.0. The van der Waals surface area contributed by atoms with Crippen molar-refractivity contribution in [3.8, 4) is 0 Å². The Bertz CT molecular complexity index is 1000. The number of amides is 1. The molecule has 1 rings (SSSR count). The van der Waals surface area contributed by atoms with Crippen molar-refractivity contribution in [1.29, 1.82) is 0 Å².